The summed E-state index contributed by atoms with van der Waals surface area (Å²) in [4.78, 5) is 2.42. The van der Waals surface area contributed by atoms with Crippen molar-refractivity contribution in [2.45, 2.75) is 32.4 Å². The molecule has 1 saturated heterocycles. The van der Waals surface area contributed by atoms with Crippen molar-refractivity contribution in [1.82, 2.24) is 10.2 Å². The summed E-state index contributed by atoms with van der Waals surface area (Å²) in [7, 11) is 2.20. The lowest BCUT2D eigenvalue weighted by Crippen LogP contribution is -2.56. The highest BCUT2D eigenvalue weighted by Crippen LogP contribution is 2.33. The SMILES string of the molecule is CCc1c(C(C)N(C)C2CNC2)oc2ccccc12. The first-order valence-electron chi connectivity index (χ1n) is 7.15. The molecule has 0 bridgehead atoms. The second kappa shape index (κ2) is 4.99. The smallest absolute Gasteiger partial charge is 0.134 e. The number of para-hydroxylation sites is 1. The van der Waals surface area contributed by atoms with Gasteiger partial charge in [-0.1, -0.05) is 25.1 Å². The van der Waals surface area contributed by atoms with Gasteiger partial charge in [-0.05, 0) is 26.5 Å². The summed E-state index contributed by atoms with van der Waals surface area (Å²) in [5, 5.41) is 4.60. The number of hydrogen-bond donors (Lipinski definition) is 1. The molecule has 1 fully saturated rings. The fourth-order valence-corrected chi connectivity index (χ4v) is 2.88. The Hall–Kier alpha value is -1.32. The van der Waals surface area contributed by atoms with Crippen LogP contribution in [0.25, 0.3) is 11.0 Å². The minimum Gasteiger partial charge on any atom is -0.459 e. The third-order valence-corrected chi connectivity index (χ3v) is 4.41. The van der Waals surface area contributed by atoms with Gasteiger partial charge < -0.3 is 9.73 Å². The van der Waals surface area contributed by atoms with Gasteiger partial charge in [0.25, 0.3) is 0 Å². The van der Waals surface area contributed by atoms with Crippen LogP contribution < -0.4 is 5.32 Å². The Morgan fingerprint density at radius 3 is 2.74 bits per heavy atom. The van der Waals surface area contributed by atoms with Gasteiger partial charge in [0.2, 0.25) is 0 Å². The van der Waals surface area contributed by atoms with Gasteiger partial charge in [-0.25, -0.2) is 0 Å². The highest BCUT2D eigenvalue weighted by atomic mass is 16.3. The first-order chi connectivity index (χ1) is 9.22. The number of fused-ring (bicyclic) bond motifs is 1. The Labute approximate surface area is 114 Å². The lowest BCUT2D eigenvalue weighted by Gasteiger charge is -2.38. The van der Waals surface area contributed by atoms with Gasteiger partial charge in [0.05, 0.1) is 6.04 Å². The number of nitrogens with zero attached hydrogens (tertiary/aromatic N) is 1. The predicted molar refractivity (Wildman–Crippen MR) is 78.4 cm³/mol. The van der Waals surface area contributed by atoms with Crippen LogP contribution in [0.3, 0.4) is 0 Å². The molecule has 3 heteroatoms. The molecule has 2 aromatic rings. The van der Waals surface area contributed by atoms with E-state index in [4.69, 9.17) is 4.42 Å². The van der Waals surface area contributed by atoms with Gasteiger partial charge in [-0.3, -0.25) is 4.90 Å². The van der Waals surface area contributed by atoms with Gasteiger partial charge in [0, 0.05) is 30.1 Å². The molecule has 1 aromatic carbocycles. The van der Waals surface area contributed by atoms with Crippen molar-refractivity contribution in [2.24, 2.45) is 0 Å². The van der Waals surface area contributed by atoms with E-state index in [-0.39, 0.29) is 0 Å². The number of aryl methyl sites for hydroxylation is 1. The van der Waals surface area contributed by atoms with Crippen LogP contribution in [0.4, 0.5) is 0 Å². The van der Waals surface area contributed by atoms with E-state index >= 15 is 0 Å². The van der Waals surface area contributed by atoms with Gasteiger partial charge in [-0.15, -0.1) is 0 Å². The van der Waals surface area contributed by atoms with Crippen LogP contribution in [0.2, 0.25) is 0 Å². The fourth-order valence-electron chi connectivity index (χ4n) is 2.88. The summed E-state index contributed by atoms with van der Waals surface area (Å²) >= 11 is 0. The number of furan rings is 1. The van der Waals surface area contributed by atoms with Crippen molar-refractivity contribution in [1.29, 1.82) is 0 Å². The van der Waals surface area contributed by atoms with Crippen molar-refractivity contribution in [3.63, 3.8) is 0 Å². The van der Waals surface area contributed by atoms with E-state index in [0.29, 0.717) is 12.1 Å². The molecule has 1 N–H and O–H groups in total. The monoisotopic (exact) mass is 258 g/mol. The van der Waals surface area contributed by atoms with Crippen molar-refractivity contribution >= 4 is 11.0 Å². The third kappa shape index (κ3) is 2.07. The van der Waals surface area contributed by atoms with E-state index in [9.17, 15) is 0 Å². The molecule has 1 unspecified atom stereocenters. The van der Waals surface area contributed by atoms with Crippen LogP contribution in [0, 0.1) is 0 Å². The first kappa shape index (κ1) is 12.7. The van der Waals surface area contributed by atoms with E-state index in [0.717, 1.165) is 30.9 Å². The second-order valence-corrected chi connectivity index (χ2v) is 5.45. The normalized spacial score (nSPS) is 17.9. The van der Waals surface area contributed by atoms with Crippen LogP contribution in [-0.2, 0) is 6.42 Å². The minimum atomic E-state index is 0.328. The summed E-state index contributed by atoms with van der Waals surface area (Å²) in [5.74, 6) is 1.14. The van der Waals surface area contributed by atoms with Crippen molar-refractivity contribution in [2.75, 3.05) is 20.1 Å². The molecule has 0 amide bonds. The highest BCUT2D eigenvalue weighted by Gasteiger charge is 2.29. The summed E-state index contributed by atoms with van der Waals surface area (Å²) in [5.41, 5.74) is 2.38. The van der Waals surface area contributed by atoms with E-state index in [1.54, 1.807) is 0 Å². The number of rotatable bonds is 4. The second-order valence-electron chi connectivity index (χ2n) is 5.45. The number of hydrogen-bond acceptors (Lipinski definition) is 3. The molecule has 1 aromatic heterocycles. The standard InChI is InChI=1S/C16H22N2O/c1-4-13-14-7-5-6-8-15(14)19-16(13)11(2)18(3)12-9-17-10-12/h5-8,11-12,17H,4,9-10H2,1-3H3. The molecular formula is C16H22N2O. The van der Waals surface area contributed by atoms with Gasteiger partial charge >= 0.3 is 0 Å². The molecular weight excluding hydrogens is 236 g/mol. The molecule has 0 aliphatic carbocycles. The topological polar surface area (TPSA) is 28.4 Å². The molecule has 2 heterocycles. The van der Waals surface area contributed by atoms with Gasteiger partial charge in [0.15, 0.2) is 0 Å². The molecule has 0 spiro atoms. The Morgan fingerprint density at radius 1 is 1.37 bits per heavy atom. The van der Waals surface area contributed by atoms with E-state index in [1.807, 2.05) is 6.07 Å². The minimum absolute atomic E-state index is 0.328. The first-order valence-corrected chi connectivity index (χ1v) is 7.15. The average molecular weight is 258 g/mol. The average Bonchev–Trinajstić information content (AvgIpc) is 2.74. The maximum absolute atomic E-state index is 6.13. The molecule has 1 atom stereocenters. The Morgan fingerprint density at radius 2 is 2.11 bits per heavy atom. The zero-order chi connectivity index (χ0) is 13.4. The van der Waals surface area contributed by atoms with Crippen molar-refractivity contribution in [3.05, 3.63) is 35.6 Å². The molecule has 3 rings (SSSR count). The fraction of sp³-hybridized carbons (Fsp3) is 0.500. The van der Waals surface area contributed by atoms with Crippen LogP contribution in [0.5, 0.6) is 0 Å². The molecule has 3 nitrogen and oxygen atoms in total. The maximum atomic E-state index is 6.13. The van der Waals surface area contributed by atoms with Crippen LogP contribution in [-0.4, -0.2) is 31.1 Å². The maximum Gasteiger partial charge on any atom is 0.134 e. The van der Waals surface area contributed by atoms with E-state index in [1.165, 1.54) is 10.9 Å². The Bertz CT molecular complexity index is 571. The van der Waals surface area contributed by atoms with Crippen LogP contribution in [0.15, 0.2) is 28.7 Å². The number of nitrogens with one attached hydrogen (secondary N) is 1. The lowest BCUT2D eigenvalue weighted by atomic mass is 10.0. The molecule has 0 saturated carbocycles. The summed E-state index contributed by atoms with van der Waals surface area (Å²) < 4.78 is 6.13. The molecule has 1 aliphatic rings. The van der Waals surface area contributed by atoms with E-state index in [2.05, 4.69) is 49.3 Å². The predicted octanol–water partition coefficient (Wildman–Crippen LogP) is 2.96. The molecule has 19 heavy (non-hydrogen) atoms. The molecule has 1 aliphatic heterocycles. The number of benzene rings is 1. The Kier molecular flexibility index (Phi) is 3.33. The summed E-state index contributed by atoms with van der Waals surface area (Å²) in [6.45, 7) is 6.62. The van der Waals surface area contributed by atoms with Crippen LogP contribution >= 0.6 is 0 Å². The van der Waals surface area contributed by atoms with Crippen molar-refractivity contribution < 1.29 is 4.42 Å². The van der Waals surface area contributed by atoms with Crippen molar-refractivity contribution in [3.8, 4) is 0 Å². The van der Waals surface area contributed by atoms with Gasteiger partial charge in [0.1, 0.15) is 11.3 Å². The zero-order valence-corrected chi connectivity index (χ0v) is 11.9. The van der Waals surface area contributed by atoms with Gasteiger partial charge in [-0.2, -0.15) is 0 Å². The third-order valence-electron chi connectivity index (χ3n) is 4.41. The Balaban J connectivity index is 1.98. The number of likely N-dealkylation sites (N-methyl/N-ethyl adjacent to an activating group) is 1. The quantitative estimate of drug-likeness (QED) is 0.914. The molecule has 102 valence electrons. The summed E-state index contributed by atoms with van der Waals surface area (Å²) in [6.07, 6.45) is 1.02. The molecule has 0 radical (unpaired) electrons. The highest BCUT2D eigenvalue weighted by molar-refractivity contribution is 5.82. The zero-order valence-electron chi connectivity index (χ0n) is 11.9. The lowest BCUT2D eigenvalue weighted by molar-refractivity contribution is 0.124. The largest absolute Gasteiger partial charge is 0.459 e. The summed E-state index contributed by atoms with van der Waals surface area (Å²) in [6, 6.07) is 9.32. The van der Waals surface area contributed by atoms with E-state index < -0.39 is 0 Å². The van der Waals surface area contributed by atoms with Crippen LogP contribution in [0.1, 0.15) is 31.2 Å².